The van der Waals surface area contributed by atoms with Gasteiger partial charge in [-0.05, 0) is 37.0 Å². The Kier molecular flexibility index (Phi) is 6.08. The Labute approximate surface area is 142 Å². The number of halogens is 2. The van der Waals surface area contributed by atoms with E-state index >= 15 is 0 Å². The molecule has 0 aliphatic rings. The molecule has 122 valence electrons. The van der Waals surface area contributed by atoms with Crippen molar-refractivity contribution in [3.63, 3.8) is 0 Å². The summed E-state index contributed by atoms with van der Waals surface area (Å²) in [6.45, 7) is 8.95. The second-order valence-corrected chi connectivity index (χ2v) is 7.74. The first kappa shape index (κ1) is 19.0. The molecule has 1 aromatic rings. The van der Waals surface area contributed by atoms with Gasteiger partial charge in [-0.15, -0.1) is 0 Å². The molecule has 1 aromatic carbocycles. The SMILES string of the molecule is CC(C)(O)C(=O)N[C@@H](/C=C/c1ccc(Cl)cc1Cl)C(C)(C)C. The molecule has 0 aliphatic carbocycles. The summed E-state index contributed by atoms with van der Waals surface area (Å²) in [5, 5.41) is 13.8. The third-order valence-corrected chi connectivity index (χ3v) is 3.77. The van der Waals surface area contributed by atoms with Crippen molar-refractivity contribution in [3.8, 4) is 0 Å². The molecule has 5 heteroatoms. The first-order chi connectivity index (χ1) is 9.91. The maximum absolute atomic E-state index is 12.0. The highest BCUT2D eigenvalue weighted by Crippen LogP contribution is 2.25. The summed E-state index contributed by atoms with van der Waals surface area (Å²) in [6.07, 6.45) is 3.72. The summed E-state index contributed by atoms with van der Waals surface area (Å²) >= 11 is 12.0. The number of amides is 1. The molecule has 22 heavy (non-hydrogen) atoms. The Morgan fingerprint density at radius 3 is 2.27 bits per heavy atom. The van der Waals surface area contributed by atoms with Crippen LogP contribution in [0.1, 0.15) is 40.2 Å². The lowest BCUT2D eigenvalue weighted by molar-refractivity contribution is -0.137. The third kappa shape index (κ3) is 5.64. The van der Waals surface area contributed by atoms with E-state index in [0.717, 1.165) is 5.56 Å². The first-order valence-electron chi connectivity index (χ1n) is 7.08. The largest absolute Gasteiger partial charge is 0.381 e. The summed E-state index contributed by atoms with van der Waals surface area (Å²) < 4.78 is 0. The molecule has 0 saturated heterocycles. The van der Waals surface area contributed by atoms with Gasteiger partial charge >= 0.3 is 0 Å². The molecule has 0 aromatic heterocycles. The maximum Gasteiger partial charge on any atom is 0.251 e. The zero-order valence-corrected chi connectivity index (χ0v) is 15.1. The van der Waals surface area contributed by atoms with Crippen LogP contribution in [0.15, 0.2) is 24.3 Å². The van der Waals surface area contributed by atoms with Crippen LogP contribution in [0.3, 0.4) is 0 Å². The molecule has 0 fully saturated rings. The average Bonchev–Trinajstić information content (AvgIpc) is 2.33. The Balaban J connectivity index is 2.99. The van der Waals surface area contributed by atoms with Crippen molar-refractivity contribution in [2.75, 3.05) is 0 Å². The second-order valence-electron chi connectivity index (χ2n) is 6.90. The van der Waals surface area contributed by atoms with Crippen LogP contribution in [0.25, 0.3) is 6.08 Å². The van der Waals surface area contributed by atoms with Crippen LogP contribution < -0.4 is 5.32 Å². The van der Waals surface area contributed by atoms with Gasteiger partial charge in [0, 0.05) is 10.0 Å². The van der Waals surface area contributed by atoms with Crippen molar-refractivity contribution in [2.24, 2.45) is 5.41 Å². The molecule has 0 radical (unpaired) electrons. The average molecular weight is 344 g/mol. The van der Waals surface area contributed by atoms with E-state index in [0.29, 0.717) is 10.0 Å². The highest BCUT2D eigenvalue weighted by Gasteiger charge is 2.30. The Bertz CT molecular complexity index is 569. The van der Waals surface area contributed by atoms with E-state index in [1.165, 1.54) is 13.8 Å². The molecule has 2 N–H and O–H groups in total. The third-order valence-electron chi connectivity index (χ3n) is 3.21. The van der Waals surface area contributed by atoms with Crippen LogP contribution >= 0.6 is 23.2 Å². The van der Waals surface area contributed by atoms with Crippen molar-refractivity contribution in [3.05, 3.63) is 39.9 Å². The van der Waals surface area contributed by atoms with E-state index in [2.05, 4.69) is 5.32 Å². The number of aliphatic hydroxyl groups is 1. The number of carbonyl (C=O) groups excluding carboxylic acids is 1. The van der Waals surface area contributed by atoms with E-state index < -0.39 is 11.5 Å². The number of rotatable bonds is 4. The zero-order valence-electron chi connectivity index (χ0n) is 13.6. The van der Waals surface area contributed by atoms with Crippen molar-refractivity contribution < 1.29 is 9.90 Å². The van der Waals surface area contributed by atoms with Crippen LogP contribution in [-0.2, 0) is 4.79 Å². The van der Waals surface area contributed by atoms with Gasteiger partial charge in [-0.1, -0.05) is 62.2 Å². The van der Waals surface area contributed by atoms with Crippen LogP contribution in [0.4, 0.5) is 0 Å². The quantitative estimate of drug-likeness (QED) is 0.855. The summed E-state index contributed by atoms with van der Waals surface area (Å²) in [5.41, 5.74) is -0.816. The Morgan fingerprint density at radius 2 is 1.82 bits per heavy atom. The smallest absolute Gasteiger partial charge is 0.251 e. The van der Waals surface area contributed by atoms with Crippen LogP contribution in [0, 0.1) is 5.41 Å². The second kappa shape index (κ2) is 7.03. The Hall–Kier alpha value is -1.03. The van der Waals surface area contributed by atoms with Crippen molar-refractivity contribution >= 4 is 35.2 Å². The van der Waals surface area contributed by atoms with Gasteiger partial charge in [0.15, 0.2) is 0 Å². The number of benzene rings is 1. The summed E-state index contributed by atoms with van der Waals surface area (Å²) in [4.78, 5) is 12.0. The minimum Gasteiger partial charge on any atom is -0.381 e. The summed E-state index contributed by atoms with van der Waals surface area (Å²) in [5.74, 6) is -0.417. The van der Waals surface area contributed by atoms with Crippen molar-refractivity contribution in [1.29, 1.82) is 0 Å². The first-order valence-corrected chi connectivity index (χ1v) is 7.83. The van der Waals surface area contributed by atoms with Gasteiger partial charge in [0.1, 0.15) is 5.60 Å². The molecule has 0 bridgehead atoms. The van der Waals surface area contributed by atoms with Crippen LogP contribution in [0.5, 0.6) is 0 Å². The molecule has 0 heterocycles. The van der Waals surface area contributed by atoms with E-state index in [-0.39, 0.29) is 11.5 Å². The molecule has 1 atom stereocenters. The van der Waals surface area contributed by atoms with Crippen molar-refractivity contribution in [1.82, 2.24) is 5.32 Å². The predicted octanol–water partition coefficient (Wildman–Crippen LogP) is 4.31. The lowest BCUT2D eigenvalue weighted by Crippen LogP contribution is -2.50. The number of carbonyl (C=O) groups is 1. The number of hydrogen-bond acceptors (Lipinski definition) is 2. The van der Waals surface area contributed by atoms with Gasteiger partial charge < -0.3 is 10.4 Å². The zero-order chi connectivity index (χ0) is 17.1. The molecular weight excluding hydrogens is 321 g/mol. The van der Waals surface area contributed by atoms with Gasteiger partial charge in [0.05, 0.1) is 6.04 Å². The fraction of sp³-hybridized carbons (Fsp3) is 0.471. The summed E-state index contributed by atoms with van der Waals surface area (Å²) in [7, 11) is 0. The predicted molar refractivity (Wildman–Crippen MR) is 93.2 cm³/mol. The highest BCUT2D eigenvalue weighted by atomic mass is 35.5. The van der Waals surface area contributed by atoms with Crippen molar-refractivity contribution in [2.45, 2.75) is 46.3 Å². The minimum absolute atomic E-state index is 0.212. The maximum atomic E-state index is 12.0. The van der Waals surface area contributed by atoms with Crippen LogP contribution in [-0.4, -0.2) is 22.7 Å². The van der Waals surface area contributed by atoms with Gasteiger partial charge in [-0.3, -0.25) is 4.79 Å². The van der Waals surface area contributed by atoms with Crippen LogP contribution in [0.2, 0.25) is 10.0 Å². The van der Waals surface area contributed by atoms with E-state index in [1.807, 2.05) is 39.0 Å². The van der Waals surface area contributed by atoms with Gasteiger partial charge in [-0.2, -0.15) is 0 Å². The normalized spacial score (nSPS) is 14.2. The monoisotopic (exact) mass is 343 g/mol. The van der Waals surface area contributed by atoms with Gasteiger partial charge in [0.25, 0.3) is 5.91 Å². The fourth-order valence-electron chi connectivity index (χ4n) is 1.71. The topological polar surface area (TPSA) is 49.3 Å². The standard InChI is InChI=1S/C17H23Cl2NO2/c1-16(2,3)14(20-15(21)17(4,5)22)9-7-11-6-8-12(18)10-13(11)19/h6-10,14,22H,1-5H3,(H,20,21)/b9-7+/t14-/m0/s1. The molecule has 3 nitrogen and oxygen atoms in total. The molecule has 1 amide bonds. The lowest BCUT2D eigenvalue weighted by Gasteiger charge is -2.31. The minimum atomic E-state index is -1.42. The molecule has 1 rings (SSSR count). The number of nitrogens with one attached hydrogen (secondary N) is 1. The summed E-state index contributed by atoms with van der Waals surface area (Å²) in [6, 6.07) is 5.00. The van der Waals surface area contributed by atoms with Gasteiger partial charge in [0.2, 0.25) is 0 Å². The Morgan fingerprint density at radius 1 is 1.23 bits per heavy atom. The van der Waals surface area contributed by atoms with E-state index in [4.69, 9.17) is 23.2 Å². The molecular formula is C17H23Cl2NO2. The molecule has 0 unspecified atom stereocenters. The lowest BCUT2D eigenvalue weighted by atomic mass is 9.85. The molecule has 0 saturated carbocycles. The number of hydrogen-bond donors (Lipinski definition) is 2. The molecule has 0 spiro atoms. The van der Waals surface area contributed by atoms with E-state index in [1.54, 1.807) is 12.1 Å². The van der Waals surface area contributed by atoms with Gasteiger partial charge in [-0.25, -0.2) is 0 Å². The fourth-order valence-corrected chi connectivity index (χ4v) is 2.18. The highest BCUT2D eigenvalue weighted by molar-refractivity contribution is 6.35. The van der Waals surface area contributed by atoms with E-state index in [9.17, 15) is 9.90 Å². The molecule has 0 aliphatic heterocycles.